The molecule has 1 aromatic rings. The largest absolute Gasteiger partial charge is 0.493 e. The summed E-state index contributed by atoms with van der Waals surface area (Å²) < 4.78 is 14.9. The van der Waals surface area contributed by atoms with Gasteiger partial charge >= 0.3 is 5.97 Å². The smallest absolute Gasteiger partial charge is 0.346 e. The first-order chi connectivity index (χ1) is 10.8. The van der Waals surface area contributed by atoms with Crippen molar-refractivity contribution >= 4 is 17.6 Å². The fourth-order valence-corrected chi connectivity index (χ4v) is 1.78. The Morgan fingerprint density at radius 2 is 1.83 bits per heavy atom. The van der Waals surface area contributed by atoms with Gasteiger partial charge in [-0.1, -0.05) is 0 Å². The predicted molar refractivity (Wildman–Crippen MR) is 79.8 cm³/mol. The molecule has 126 valence electrons. The van der Waals surface area contributed by atoms with E-state index in [1.807, 2.05) is 0 Å². The molecule has 9 heteroatoms. The van der Waals surface area contributed by atoms with Crippen LogP contribution in [0.25, 0.3) is 0 Å². The maximum absolute atomic E-state index is 12.2. The number of esters is 1. The van der Waals surface area contributed by atoms with Gasteiger partial charge in [-0.05, 0) is 13.8 Å². The molecule has 0 aromatic heterocycles. The number of methoxy groups -OCH3 is 2. The monoisotopic (exact) mass is 326 g/mol. The van der Waals surface area contributed by atoms with Crippen LogP contribution >= 0.6 is 0 Å². The van der Waals surface area contributed by atoms with Crippen LogP contribution in [-0.2, 0) is 9.53 Å². The van der Waals surface area contributed by atoms with Crippen LogP contribution in [0.15, 0.2) is 12.1 Å². The minimum atomic E-state index is -1.09. The van der Waals surface area contributed by atoms with Crippen molar-refractivity contribution in [2.24, 2.45) is 0 Å². The van der Waals surface area contributed by atoms with Crippen molar-refractivity contribution in [2.45, 2.75) is 20.0 Å². The van der Waals surface area contributed by atoms with E-state index in [0.29, 0.717) is 6.54 Å². The van der Waals surface area contributed by atoms with Crippen LogP contribution in [0.1, 0.15) is 24.2 Å². The molecule has 0 bridgehead atoms. The molecule has 0 saturated heterocycles. The fourth-order valence-electron chi connectivity index (χ4n) is 1.78. The van der Waals surface area contributed by atoms with E-state index < -0.39 is 28.6 Å². The third kappa shape index (κ3) is 4.31. The first kappa shape index (κ1) is 18.2. The lowest BCUT2D eigenvalue weighted by Crippen LogP contribution is -2.35. The van der Waals surface area contributed by atoms with E-state index in [1.165, 1.54) is 21.1 Å². The molecule has 0 unspecified atom stereocenters. The number of nitrogens with zero attached hydrogens (tertiary/aromatic N) is 1. The van der Waals surface area contributed by atoms with E-state index in [-0.39, 0.29) is 17.1 Å². The minimum Gasteiger partial charge on any atom is -0.493 e. The molecule has 0 aliphatic rings. The third-order valence-corrected chi connectivity index (χ3v) is 2.92. The van der Waals surface area contributed by atoms with Gasteiger partial charge < -0.3 is 19.5 Å². The summed E-state index contributed by atoms with van der Waals surface area (Å²) in [4.78, 5) is 34.1. The SMILES string of the molecule is CCNC(=O)[C@@H](C)OC(=O)c1cc(OC)c(OC)cc1[N+](=O)[O-]. The minimum absolute atomic E-state index is 0.104. The number of carbonyl (C=O) groups excluding carboxylic acids is 2. The van der Waals surface area contributed by atoms with Gasteiger partial charge in [0.2, 0.25) is 0 Å². The van der Waals surface area contributed by atoms with Crippen molar-refractivity contribution in [1.82, 2.24) is 5.32 Å². The molecule has 0 aliphatic carbocycles. The molecule has 1 rings (SSSR count). The second-order valence-corrected chi connectivity index (χ2v) is 4.42. The van der Waals surface area contributed by atoms with Crippen LogP contribution < -0.4 is 14.8 Å². The summed E-state index contributed by atoms with van der Waals surface area (Å²) in [6.07, 6.45) is -1.09. The van der Waals surface area contributed by atoms with Crippen molar-refractivity contribution in [3.8, 4) is 11.5 Å². The summed E-state index contributed by atoms with van der Waals surface area (Å²) in [5.74, 6) is -1.26. The second kappa shape index (κ2) is 7.97. The average molecular weight is 326 g/mol. The van der Waals surface area contributed by atoms with Gasteiger partial charge in [-0.2, -0.15) is 0 Å². The topological polar surface area (TPSA) is 117 Å². The number of likely N-dealkylation sites (N-methyl/N-ethyl adjacent to an activating group) is 1. The Morgan fingerprint density at radius 3 is 2.30 bits per heavy atom. The summed E-state index contributed by atoms with van der Waals surface area (Å²) in [6, 6.07) is 2.20. The zero-order valence-corrected chi connectivity index (χ0v) is 13.2. The number of nitro groups is 1. The van der Waals surface area contributed by atoms with E-state index in [0.717, 1.165) is 12.1 Å². The van der Waals surface area contributed by atoms with Crippen molar-refractivity contribution in [1.29, 1.82) is 0 Å². The van der Waals surface area contributed by atoms with Gasteiger partial charge in [-0.3, -0.25) is 14.9 Å². The molecular weight excluding hydrogens is 308 g/mol. The Balaban J connectivity index is 3.16. The van der Waals surface area contributed by atoms with Gasteiger partial charge in [0.15, 0.2) is 17.6 Å². The maximum Gasteiger partial charge on any atom is 0.346 e. The molecule has 23 heavy (non-hydrogen) atoms. The highest BCUT2D eigenvalue weighted by molar-refractivity contribution is 5.96. The molecule has 1 amide bonds. The van der Waals surface area contributed by atoms with Crippen LogP contribution in [0.3, 0.4) is 0 Å². The number of rotatable bonds is 7. The van der Waals surface area contributed by atoms with E-state index in [4.69, 9.17) is 14.2 Å². The van der Waals surface area contributed by atoms with Gasteiger partial charge in [-0.25, -0.2) is 4.79 Å². The van der Waals surface area contributed by atoms with Gasteiger partial charge in [0.05, 0.1) is 25.2 Å². The quantitative estimate of drug-likeness (QED) is 0.456. The van der Waals surface area contributed by atoms with Crippen LogP contribution in [0.5, 0.6) is 11.5 Å². The summed E-state index contributed by atoms with van der Waals surface area (Å²) in [5.41, 5.74) is -0.834. The summed E-state index contributed by atoms with van der Waals surface area (Å²) in [5, 5.41) is 13.6. The number of ether oxygens (including phenoxy) is 3. The lowest BCUT2D eigenvalue weighted by Gasteiger charge is -2.14. The summed E-state index contributed by atoms with van der Waals surface area (Å²) in [7, 11) is 2.65. The van der Waals surface area contributed by atoms with E-state index in [1.54, 1.807) is 6.92 Å². The van der Waals surface area contributed by atoms with E-state index >= 15 is 0 Å². The number of hydrogen-bond acceptors (Lipinski definition) is 7. The molecule has 1 aromatic carbocycles. The number of nitrogens with one attached hydrogen (secondary N) is 1. The molecule has 1 N–H and O–H groups in total. The van der Waals surface area contributed by atoms with Crippen LogP contribution in [-0.4, -0.2) is 43.7 Å². The van der Waals surface area contributed by atoms with Crippen molar-refractivity contribution in [3.63, 3.8) is 0 Å². The molecule has 0 saturated carbocycles. The molecule has 0 radical (unpaired) electrons. The fraction of sp³-hybridized carbons (Fsp3) is 0.429. The second-order valence-electron chi connectivity index (χ2n) is 4.42. The average Bonchev–Trinajstić information content (AvgIpc) is 2.53. The third-order valence-electron chi connectivity index (χ3n) is 2.92. The standard InChI is InChI=1S/C14H18N2O7/c1-5-15-13(17)8(2)23-14(18)9-6-11(21-3)12(22-4)7-10(9)16(19)20/h6-8H,5H2,1-4H3,(H,15,17)/t8-/m1/s1. The molecule has 0 spiro atoms. The van der Waals surface area contributed by atoms with Gasteiger partial charge in [-0.15, -0.1) is 0 Å². The maximum atomic E-state index is 12.2. The van der Waals surface area contributed by atoms with Crippen molar-refractivity contribution in [3.05, 3.63) is 27.8 Å². The summed E-state index contributed by atoms with van der Waals surface area (Å²) >= 11 is 0. The molecule has 0 fully saturated rings. The number of amides is 1. The van der Waals surface area contributed by atoms with Gasteiger partial charge in [0.1, 0.15) is 5.56 Å². The molecule has 9 nitrogen and oxygen atoms in total. The number of nitro benzene ring substituents is 1. The van der Waals surface area contributed by atoms with Crippen LogP contribution in [0, 0.1) is 10.1 Å². The van der Waals surface area contributed by atoms with E-state index in [2.05, 4.69) is 5.32 Å². The number of benzene rings is 1. The molecule has 1 atom stereocenters. The lowest BCUT2D eigenvalue weighted by atomic mass is 10.1. The number of carbonyl (C=O) groups is 2. The van der Waals surface area contributed by atoms with Crippen LogP contribution in [0.2, 0.25) is 0 Å². The molecular formula is C14H18N2O7. The van der Waals surface area contributed by atoms with Crippen molar-refractivity contribution in [2.75, 3.05) is 20.8 Å². The van der Waals surface area contributed by atoms with Gasteiger partial charge in [0, 0.05) is 12.6 Å². The number of hydrogen-bond donors (Lipinski definition) is 1. The highest BCUT2D eigenvalue weighted by Gasteiger charge is 2.28. The zero-order chi connectivity index (χ0) is 17.6. The highest BCUT2D eigenvalue weighted by Crippen LogP contribution is 2.34. The van der Waals surface area contributed by atoms with Crippen LogP contribution in [0.4, 0.5) is 5.69 Å². The Bertz CT molecular complexity index is 615. The predicted octanol–water partition coefficient (Wildman–Crippen LogP) is 1.29. The Hall–Kier alpha value is -2.84. The van der Waals surface area contributed by atoms with E-state index in [9.17, 15) is 19.7 Å². The first-order valence-corrected chi connectivity index (χ1v) is 6.74. The Kier molecular flexibility index (Phi) is 6.31. The Labute approximate surface area is 132 Å². The lowest BCUT2D eigenvalue weighted by molar-refractivity contribution is -0.385. The molecule has 0 aliphatic heterocycles. The molecule has 0 heterocycles. The normalized spacial score (nSPS) is 11.3. The summed E-state index contributed by atoms with van der Waals surface area (Å²) in [6.45, 7) is 3.46. The first-order valence-electron chi connectivity index (χ1n) is 6.74. The zero-order valence-electron chi connectivity index (χ0n) is 13.2. The van der Waals surface area contributed by atoms with Gasteiger partial charge in [0.25, 0.3) is 11.6 Å². The highest BCUT2D eigenvalue weighted by atomic mass is 16.6. The van der Waals surface area contributed by atoms with Crippen molar-refractivity contribution < 1.29 is 28.7 Å². The Morgan fingerprint density at radius 1 is 1.26 bits per heavy atom.